The van der Waals surface area contributed by atoms with Gasteiger partial charge in [-0.15, -0.1) is 0 Å². The molecule has 0 spiro atoms. The zero-order valence-electron chi connectivity index (χ0n) is 8.92. The molecule has 0 radical (unpaired) electrons. The van der Waals surface area contributed by atoms with Crippen molar-refractivity contribution in [1.29, 1.82) is 0 Å². The summed E-state index contributed by atoms with van der Waals surface area (Å²) in [5.74, 6) is 0.365. The standard InChI is InChI=1S/C11H19IO2/c1-8(2)7-9-5-3-4-6-11(9,12)10(13)14/h8-9H,3-7H2,1-2H3,(H,13,14). The Labute approximate surface area is 99.6 Å². The van der Waals surface area contributed by atoms with E-state index in [0.29, 0.717) is 11.8 Å². The van der Waals surface area contributed by atoms with Crippen LogP contribution in [-0.2, 0) is 4.79 Å². The molecular formula is C11H19IO2. The van der Waals surface area contributed by atoms with Gasteiger partial charge in [0.1, 0.15) is 3.42 Å². The van der Waals surface area contributed by atoms with Gasteiger partial charge in [-0.2, -0.15) is 0 Å². The largest absolute Gasteiger partial charge is 0.480 e. The molecule has 82 valence electrons. The third-order valence-electron chi connectivity index (χ3n) is 3.10. The first-order valence-electron chi connectivity index (χ1n) is 5.39. The van der Waals surface area contributed by atoms with Gasteiger partial charge in [-0.1, -0.05) is 49.3 Å². The predicted octanol–water partition coefficient (Wildman–Crippen LogP) is 3.48. The summed E-state index contributed by atoms with van der Waals surface area (Å²) < 4.78 is -0.486. The van der Waals surface area contributed by atoms with Crippen molar-refractivity contribution in [2.24, 2.45) is 11.8 Å². The van der Waals surface area contributed by atoms with Crippen LogP contribution in [0.4, 0.5) is 0 Å². The minimum atomic E-state index is -0.608. The molecule has 14 heavy (non-hydrogen) atoms. The molecule has 0 aromatic heterocycles. The van der Waals surface area contributed by atoms with E-state index < -0.39 is 9.39 Å². The summed E-state index contributed by atoms with van der Waals surface area (Å²) in [6.07, 6.45) is 5.27. The van der Waals surface area contributed by atoms with Gasteiger partial charge in [0.25, 0.3) is 0 Å². The molecule has 0 aromatic rings. The average molecular weight is 310 g/mol. The highest BCUT2D eigenvalue weighted by Crippen LogP contribution is 2.44. The number of aliphatic carboxylic acids is 1. The fourth-order valence-corrected chi connectivity index (χ4v) is 3.31. The second-order valence-corrected chi connectivity index (χ2v) is 6.66. The molecule has 2 nitrogen and oxygen atoms in total. The zero-order chi connectivity index (χ0) is 10.8. The van der Waals surface area contributed by atoms with Gasteiger partial charge in [-0.3, -0.25) is 4.79 Å². The third-order valence-corrected chi connectivity index (χ3v) is 4.98. The molecule has 1 rings (SSSR count). The normalized spacial score (nSPS) is 33.3. The smallest absolute Gasteiger partial charge is 0.319 e. The summed E-state index contributed by atoms with van der Waals surface area (Å²) in [7, 11) is 0. The molecule has 3 heteroatoms. The lowest BCUT2D eigenvalue weighted by Gasteiger charge is -2.37. The topological polar surface area (TPSA) is 37.3 Å². The summed E-state index contributed by atoms with van der Waals surface area (Å²) in [6, 6.07) is 0. The van der Waals surface area contributed by atoms with Crippen molar-refractivity contribution in [2.45, 2.75) is 49.4 Å². The Morgan fingerprint density at radius 3 is 2.71 bits per heavy atom. The van der Waals surface area contributed by atoms with E-state index in [-0.39, 0.29) is 0 Å². The van der Waals surface area contributed by atoms with Gasteiger partial charge in [0.2, 0.25) is 0 Å². The van der Waals surface area contributed by atoms with Crippen LogP contribution in [0.1, 0.15) is 46.0 Å². The van der Waals surface area contributed by atoms with Crippen molar-refractivity contribution >= 4 is 28.6 Å². The number of halogens is 1. The fourth-order valence-electron chi connectivity index (χ4n) is 2.36. The summed E-state index contributed by atoms with van der Waals surface area (Å²) in [5, 5.41) is 9.27. The molecule has 1 aliphatic carbocycles. The average Bonchev–Trinajstić information content (AvgIpc) is 2.08. The van der Waals surface area contributed by atoms with E-state index in [0.717, 1.165) is 25.7 Å². The van der Waals surface area contributed by atoms with Crippen LogP contribution in [0.5, 0.6) is 0 Å². The Bertz CT molecular complexity index is 215. The molecule has 2 unspecified atom stereocenters. The Balaban J connectivity index is 2.72. The molecule has 1 saturated carbocycles. The third kappa shape index (κ3) is 2.61. The quantitative estimate of drug-likeness (QED) is 0.640. The van der Waals surface area contributed by atoms with Gasteiger partial charge in [0.15, 0.2) is 0 Å². The zero-order valence-corrected chi connectivity index (χ0v) is 11.1. The minimum Gasteiger partial charge on any atom is -0.480 e. The van der Waals surface area contributed by atoms with Crippen LogP contribution in [0.3, 0.4) is 0 Å². The number of alkyl halides is 1. The van der Waals surface area contributed by atoms with E-state index >= 15 is 0 Å². The molecule has 0 bridgehead atoms. The lowest BCUT2D eigenvalue weighted by atomic mass is 9.75. The summed E-state index contributed by atoms with van der Waals surface area (Å²) >= 11 is 2.18. The van der Waals surface area contributed by atoms with Gasteiger partial charge >= 0.3 is 5.97 Å². The Kier molecular flexibility index (Phi) is 4.22. The Morgan fingerprint density at radius 1 is 1.57 bits per heavy atom. The fraction of sp³-hybridized carbons (Fsp3) is 0.909. The molecule has 0 heterocycles. The highest BCUT2D eigenvalue weighted by atomic mass is 127. The maximum Gasteiger partial charge on any atom is 0.319 e. The first-order valence-corrected chi connectivity index (χ1v) is 6.47. The molecule has 1 aliphatic rings. The number of carbonyl (C=O) groups is 1. The van der Waals surface area contributed by atoms with Crippen LogP contribution < -0.4 is 0 Å². The molecular weight excluding hydrogens is 291 g/mol. The van der Waals surface area contributed by atoms with E-state index in [1.165, 1.54) is 6.42 Å². The van der Waals surface area contributed by atoms with Gasteiger partial charge in [0.05, 0.1) is 0 Å². The minimum absolute atomic E-state index is 0.370. The SMILES string of the molecule is CC(C)CC1CCCCC1(I)C(=O)O. The maximum absolute atomic E-state index is 11.3. The van der Waals surface area contributed by atoms with Gasteiger partial charge < -0.3 is 5.11 Å². The van der Waals surface area contributed by atoms with E-state index in [9.17, 15) is 9.90 Å². The first kappa shape index (κ1) is 12.3. The Morgan fingerprint density at radius 2 is 2.21 bits per heavy atom. The Hall–Kier alpha value is 0.200. The summed E-state index contributed by atoms with van der Waals surface area (Å²) in [6.45, 7) is 4.35. The van der Waals surface area contributed by atoms with E-state index in [1.807, 2.05) is 0 Å². The first-order chi connectivity index (χ1) is 6.47. The monoisotopic (exact) mass is 310 g/mol. The molecule has 1 N–H and O–H groups in total. The van der Waals surface area contributed by atoms with Crippen molar-refractivity contribution in [3.05, 3.63) is 0 Å². The van der Waals surface area contributed by atoms with Gasteiger partial charge in [-0.25, -0.2) is 0 Å². The van der Waals surface area contributed by atoms with Gasteiger partial charge in [-0.05, 0) is 31.1 Å². The molecule has 1 fully saturated rings. The second-order valence-electron chi connectivity index (χ2n) is 4.74. The summed E-state index contributed by atoms with van der Waals surface area (Å²) in [5.41, 5.74) is 0. The van der Waals surface area contributed by atoms with Crippen LogP contribution in [0, 0.1) is 11.8 Å². The van der Waals surface area contributed by atoms with Crippen LogP contribution >= 0.6 is 22.6 Å². The van der Waals surface area contributed by atoms with Gasteiger partial charge in [0, 0.05) is 0 Å². The summed E-state index contributed by atoms with van der Waals surface area (Å²) in [4.78, 5) is 11.3. The highest BCUT2D eigenvalue weighted by Gasteiger charge is 2.44. The number of carboxylic acid groups (broad SMARTS) is 1. The number of hydrogen-bond donors (Lipinski definition) is 1. The van der Waals surface area contributed by atoms with Crippen LogP contribution in [0.15, 0.2) is 0 Å². The molecule has 0 aliphatic heterocycles. The van der Waals surface area contributed by atoms with Crippen molar-refractivity contribution in [3.8, 4) is 0 Å². The lowest BCUT2D eigenvalue weighted by Crippen LogP contribution is -2.42. The van der Waals surface area contributed by atoms with Crippen LogP contribution in [0.2, 0.25) is 0 Å². The maximum atomic E-state index is 11.3. The molecule has 2 atom stereocenters. The number of carboxylic acids is 1. The van der Waals surface area contributed by atoms with Crippen molar-refractivity contribution in [2.75, 3.05) is 0 Å². The number of hydrogen-bond acceptors (Lipinski definition) is 1. The lowest BCUT2D eigenvalue weighted by molar-refractivity contribution is -0.141. The van der Waals surface area contributed by atoms with E-state index in [1.54, 1.807) is 0 Å². The molecule has 0 saturated heterocycles. The van der Waals surface area contributed by atoms with Crippen molar-refractivity contribution in [3.63, 3.8) is 0 Å². The van der Waals surface area contributed by atoms with Crippen LogP contribution in [-0.4, -0.2) is 14.5 Å². The predicted molar refractivity (Wildman–Crippen MR) is 65.8 cm³/mol. The number of rotatable bonds is 3. The second kappa shape index (κ2) is 4.81. The molecule has 0 aromatic carbocycles. The van der Waals surface area contributed by atoms with E-state index in [4.69, 9.17) is 0 Å². The van der Waals surface area contributed by atoms with Crippen LogP contribution in [0.25, 0.3) is 0 Å². The van der Waals surface area contributed by atoms with E-state index in [2.05, 4.69) is 36.4 Å². The van der Waals surface area contributed by atoms with Crippen molar-refractivity contribution in [1.82, 2.24) is 0 Å². The highest BCUT2D eigenvalue weighted by molar-refractivity contribution is 14.1. The van der Waals surface area contributed by atoms with Crippen molar-refractivity contribution < 1.29 is 9.90 Å². The molecule has 0 amide bonds.